The van der Waals surface area contributed by atoms with Crippen molar-refractivity contribution in [2.45, 2.75) is 39.7 Å². The summed E-state index contributed by atoms with van der Waals surface area (Å²) in [6, 6.07) is 10.5. The average molecular weight is 342 g/mol. The molecule has 0 unspecified atom stereocenters. The lowest BCUT2D eigenvalue weighted by atomic mass is 10.1. The van der Waals surface area contributed by atoms with Gasteiger partial charge in [0.25, 0.3) is 0 Å². The van der Waals surface area contributed by atoms with Crippen LogP contribution < -0.4 is 10.6 Å². The summed E-state index contributed by atoms with van der Waals surface area (Å²) >= 11 is 0. The average Bonchev–Trinajstić information content (AvgIpc) is 3.04. The number of guanidine groups is 1. The van der Waals surface area contributed by atoms with Crippen molar-refractivity contribution in [3.05, 3.63) is 54.1 Å². The summed E-state index contributed by atoms with van der Waals surface area (Å²) < 4.78 is 2.20. The molecule has 0 saturated heterocycles. The highest BCUT2D eigenvalue weighted by Crippen LogP contribution is 2.06. The minimum absolute atomic E-state index is 0.750. The van der Waals surface area contributed by atoms with E-state index in [0.29, 0.717) is 0 Å². The molecule has 2 N–H and O–H groups in total. The molecule has 0 aliphatic rings. The van der Waals surface area contributed by atoms with Crippen LogP contribution in [0.3, 0.4) is 0 Å². The minimum atomic E-state index is 0.750. The van der Waals surface area contributed by atoms with Crippen molar-refractivity contribution in [2.24, 2.45) is 10.9 Å². The van der Waals surface area contributed by atoms with Crippen LogP contribution in [0, 0.1) is 5.92 Å². The zero-order chi connectivity index (χ0) is 17.9. The molecule has 0 saturated carbocycles. The minimum Gasteiger partial charge on any atom is -0.356 e. The fourth-order valence-electron chi connectivity index (χ4n) is 2.72. The summed E-state index contributed by atoms with van der Waals surface area (Å²) in [6.45, 7) is 7.14. The predicted octanol–water partition coefficient (Wildman–Crippen LogP) is 3.08. The van der Waals surface area contributed by atoms with Crippen molar-refractivity contribution in [2.75, 3.05) is 20.1 Å². The standard InChI is InChI=1S/C20H31N5/c1-17(2)8-7-12-23-20(21-3)24-13-11-19-22-14-15-25(19)16-18-9-5-4-6-10-18/h4-6,9-10,14-15,17H,7-8,11-13,16H2,1-3H3,(H2,21,23,24). The Bertz CT molecular complexity index is 631. The van der Waals surface area contributed by atoms with Crippen LogP contribution in [0.5, 0.6) is 0 Å². The van der Waals surface area contributed by atoms with Crippen molar-refractivity contribution >= 4 is 5.96 Å². The fourth-order valence-corrected chi connectivity index (χ4v) is 2.72. The molecule has 1 aromatic carbocycles. The van der Waals surface area contributed by atoms with Crippen LogP contribution in [0.25, 0.3) is 0 Å². The van der Waals surface area contributed by atoms with Crippen molar-refractivity contribution in [3.8, 4) is 0 Å². The topological polar surface area (TPSA) is 54.2 Å². The number of nitrogens with one attached hydrogen (secondary N) is 2. The van der Waals surface area contributed by atoms with Gasteiger partial charge in [-0.2, -0.15) is 0 Å². The Hall–Kier alpha value is -2.30. The fraction of sp³-hybridized carbons (Fsp3) is 0.500. The maximum Gasteiger partial charge on any atom is 0.190 e. The molecule has 0 bridgehead atoms. The van der Waals surface area contributed by atoms with E-state index in [2.05, 4.69) is 63.3 Å². The van der Waals surface area contributed by atoms with E-state index in [0.717, 1.165) is 43.8 Å². The third-order valence-corrected chi connectivity index (χ3v) is 4.11. The Morgan fingerprint density at radius 1 is 1.16 bits per heavy atom. The zero-order valence-electron chi connectivity index (χ0n) is 15.7. The summed E-state index contributed by atoms with van der Waals surface area (Å²) in [5.41, 5.74) is 1.29. The number of rotatable bonds is 9. The lowest BCUT2D eigenvalue weighted by Gasteiger charge is -2.13. The summed E-state index contributed by atoms with van der Waals surface area (Å²) in [5, 5.41) is 6.74. The molecule has 1 heterocycles. The van der Waals surface area contributed by atoms with E-state index in [1.165, 1.54) is 18.4 Å². The lowest BCUT2D eigenvalue weighted by molar-refractivity contribution is 0.549. The molecule has 0 radical (unpaired) electrons. The van der Waals surface area contributed by atoms with Gasteiger partial charge in [-0.25, -0.2) is 4.98 Å². The van der Waals surface area contributed by atoms with E-state index in [1.54, 1.807) is 0 Å². The third kappa shape index (κ3) is 6.99. The van der Waals surface area contributed by atoms with Crippen molar-refractivity contribution in [3.63, 3.8) is 0 Å². The molecule has 5 heteroatoms. The van der Waals surface area contributed by atoms with E-state index in [-0.39, 0.29) is 0 Å². The molecular weight excluding hydrogens is 310 g/mol. The van der Waals surface area contributed by atoms with Crippen LogP contribution in [0.2, 0.25) is 0 Å². The third-order valence-electron chi connectivity index (χ3n) is 4.11. The number of nitrogens with zero attached hydrogens (tertiary/aromatic N) is 3. The highest BCUT2D eigenvalue weighted by Gasteiger charge is 2.04. The molecule has 0 aliphatic heterocycles. The van der Waals surface area contributed by atoms with E-state index in [9.17, 15) is 0 Å². The first kappa shape index (κ1) is 19.0. The van der Waals surface area contributed by atoms with Crippen LogP contribution in [0.4, 0.5) is 0 Å². The van der Waals surface area contributed by atoms with Gasteiger partial charge in [0.1, 0.15) is 5.82 Å². The smallest absolute Gasteiger partial charge is 0.190 e. The molecule has 2 rings (SSSR count). The molecule has 0 spiro atoms. The van der Waals surface area contributed by atoms with Gasteiger partial charge in [-0.3, -0.25) is 4.99 Å². The van der Waals surface area contributed by atoms with Crippen LogP contribution in [-0.2, 0) is 13.0 Å². The molecule has 0 amide bonds. The molecule has 0 atom stereocenters. The SMILES string of the molecule is CN=C(NCCCC(C)C)NCCc1nccn1Cc1ccccc1. The predicted molar refractivity (Wildman–Crippen MR) is 105 cm³/mol. The Balaban J connectivity index is 1.75. The van der Waals surface area contributed by atoms with E-state index in [4.69, 9.17) is 0 Å². The molecule has 5 nitrogen and oxygen atoms in total. The molecule has 2 aromatic rings. The van der Waals surface area contributed by atoms with Gasteiger partial charge in [-0.15, -0.1) is 0 Å². The van der Waals surface area contributed by atoms with Crippen molar-refractivity contribution in [1.29, 1.82) is 0 Å². The second-order valence-corrected chi connectivity index (χ2v) is 6.67. The number of aliphatic imine (C=N–C) groups is 1. The van der Waals surface area contributed by atoms with Gasteiger partial charge >= 0.3 is 0 Å². The Kier molecular flexibility index (Phi) is 8.02. The van der Waals surface area contributed by atoms with Crippen molar-refractivity contribution < 1.29 is 0 Å². The molecule has 25 heavy (non-hydrogen) atoms. The van der Waals surface area contributed by atoms with Crippen LogP contribution in [-0.4, -0.2) is 35.6 Å². The summed E-state index contributed by atoms with van der Waals surface area (Å²) in [6.07, 6.45) is 7.19. The zero-order valence-corrected chi connectivity index (χ0v) is 15.7. The van der Waals surface area contributed by atoms with E-state index in [1.807, 2.05) is 25.5 Å². The Morgan fingerprint density at radius 3 is 2.64 bits per heavy atom. The van der Waals surface area contributed by atoms with Gasteiger partial charge in [0.15, 0.2) is 5.96 Å². The quantitative estimate of drug-likeness (QED) is 0.419. The number of benzene rings is 1. The second-order valence-electron chi connectivity index (χ2n) is 6.67. The summed E-state index contributed by atoms with van der Waals surface area (Å²) in [5.74, 6) is 2.71. The largest absolute Gasteiger partial charge is 0.356 e. The van der Waals surface area contributed by atoms with Gasteiger partial charge < -0.3 is 15.2 Å². The van der Waals surface area contributed by atoms with Crippen LogP contribution in [0.1, 0.15) is 38.1 Å². The molecule has 136 valence electrons. The maximum atomic E-state index is 4.49. The first-order valence-electron chi connectivity index (χ1n) is 9.17. The highest BCUT2D eigenvalue weighted by molar-refractivity contribution is 5.79. The number of hydrogen-bond donors (Lipinski definition) is 2. The van der Waals surface area contributed by atoms with Crippen LogP contribution in [0.15, 0.2) is 47.7 Å². The molecule has 0 aliphatic carbocycles. The summed E-state index contributed by atoms with van der Waals surface area (Å²) in [4.78, 5) is 8.77. The number of aromatic nitrogens is 2. The van der Waals surface area contributed by atoms with Crippen LogP contribution >= 0.6 is 0 Å². The van der Waals surface area contributed by atoms with Gasteiger partial charge in [0.2, 0.25) is 0 Å². The van der Waals surface area contributed by atoms with Gasteiger partial charge in [0, 0.05) is 45.5 Å². The normalized spacial score (nSPS) is 11.8. The molecule has 1 aromatic heterocycles. The second kappa shape index (κ2) is 10.5. The number of hydrogen-bond acceptors (Lipinski definition) is 2. The van der Waals surface area contributed by atoms with E-state index < -0.39 is 0 Å². The van der Waals surface area contributed by atoms with Gasteiger partial charge in [-0.05, 0) is 24.3 Å². The Labute approximate surface area is 151 Å². The van der Waals surface area contributed by atoms with Crippen molar-refractivity contribution in [1.82, 2.24) is 20.2 Å². The first-order chi connectivity index (χ1) is 12.2. The molecule has 0 fully saturated rings. The van der Waals surface area contributed by atoms with Gasteiger partial charge in [0.05, 0.1) is 0 Å². The van der Waals surface area contributed by atoms with Gasteiger partial charge in [-0.1, -0.05) is 44.2 Å². The first-order valence-corrected chi connectivity index (χ1v) is 9.17. The molecular formula is C20H31N5. The Morgan fingerprint density at radius 2 is 1.92 bits per heavy atom. The lowest BCUT2D eigenvalue weighted by Crippen LogP contribution is -2.39. The maximum absolute atomic E-state index is 4.49. The highest BCUT2D eigenvalue weighted by atomic mass is 15.2. The summed E-state index contributed by atoms with van der Waals surface area (Å²) in [7, 11) is 1.81. The number of imidazole rings is 1. The monoisotopic (exact) mass is 341 g/mol. The van der Waals surface area contributed by atoms with E-state index >= 15 is 0 Å².